The van der Waals surface area contributed by atoms with Crippen molar-refractivity contribution in [1.29, 1.82) is 0 Å². The van der Waals surface area contributed by atoms with Crippen molar-refractivity contribution >= 4 is 34.8 Å². The van der Waals surface area contributed by atoms with Gasteiger partial charge < -0.3 is 5.32 Å². The Bertz CT molecular complexity index is 978. The first-order valence-corrected chi connectivity index (χ1v) is 10.5. The zero-order chi connectivity index (χ0) is 21.8. The topological polar surface area (TPSA) is 75.3 Å². The molecule has 3 rings (SSSR count). The fourth-order valence-corrected chi connectivity index (χ4v) is 4.41. The highest BCUT2D eigenvalue weighted by atomic mass is 32.1. The van der Waals surface area contributed by atoms with Crippen LogP contribution < -0.4 is 10.6 Å². The normalized spacial score (nSPS) is 18.4. The van der Waals surface area contributed by atoms with Crippen LogP contribution in [0.5, 0.6) is 0 Å². The molecule has 0 heterocycles. The van der Waals surface area contributed by atoms with E-state index < -0.39 is 5.92 Å². The second kappa shape index (κ2) is 9.30. The van der Waals surface area contributed by atoms with Crippen molar-refractivity contribution in [2.75, 3.05) is 6.54 Å². The maximum absolute atomic E-state index is 13.0. The van der Waals surface area contributed by atoms with E-state index in [1.165, 1.54) is 0 Å². The Hall–Kier alpha value is -2.86. The zero-order valence-corrected chi connectivity index (χ0v) is 18.3. The molecule has 1 aliphatic carbocycles. The Balaban J connectivity index is 1.56. The average molecular weight is 423 g/mol. The lowest BCUT2D eigenvalue weighted by Gasteiger charge is -2.16. The van der Waals surface area contributed by atoms with Gasteiger partial charge in [0, 0.05) is 24.4 Å². The van der Waals surface area contributed by atoms with Crippen molar-refractivity contribution in [2.24, 2.45) is 5.92 Å². The zero-order valence-electron chi connectivity index (χ0n) is 17.5. The molecule has 2 unspecified atom stereocenters. The predicted molar refractivity (Wildman–Crippen MR) is 121 cm³/mol. The van der Waals surface area contributed by atoms with Gasteiger partial charge in [-0.2, -0.15) is 0 Å². The first-order valence-electron chi connectivity index (χ1n) is 10.1. The molecule has 2 aromatic rings. The first kappa shape index (κ1) is 21.8. The van der Waals surface area contributed by atoms with Crippen molar-refractivity contribution in [1.82, 2.24) is 10.6 Å². The Labute approximate surface area is 182 Å². The molecule has 0 aliphatic heterocycles. The number of aryl methyl sites for hydroxylation is 3. The van der Waals surface area contributed by atoms with Crippen LogP contribution >= 0.6 is 12.2 Å². The van der Waals surface area contributed by atoms with E-state index in [-0.39, 0.29) is 34.9 Å². The van der Waals surface area contributed by atoms with Crippen LogP contribution in [0, 0.1) is 26.7 Å². The van der Waals surface area contributed by atoms with Gasteiger partial charge in [-0.1, -0.05) is 35.9 Å². The number of ketones is 2. The van der Waals surface area contributed by atoms with E-state index in [2.05, 4.69) is 10.6 Å². The monoisotopic (exact) mass is 422 g/mol. The summed E-state index contributed by atoms with van der Waals surface area (Å²) in [4.78, 5) is 37.8. The molecule has 1 aliphatic rings. The van der Waals surface area contributed by atoms with Crippen molar-refractivity contribution in [3.05, 3.63) is 70.3 Å². The second-order valence-corrected chi connectivity index (χ2v) is 8.29. The Morgan fingerprint density at radius 1 is 1.07 bits per heavy atom. The number of hydrogen-bond acceptors (Lipinski definition) is 4. The van der Waals surface area contributed by atoms with Crippen LogP contribution in [-0.4, -0.2) is 29.1 Å². The quantitative estimate of drug-likeness (QED) is 0.569. The van der Waals surface area contributed by atoms with Gasteiger partial charge in [-0.25, -0.2) is 0 Å². The lowest BCUT2D eigenvalue weighted by atomic mass is 9.86. The third kappa shape index (κ3) is 4.82. The van der Waals surface area contributed by atoms with Crippen molar-refractivity contribution in [3.8, 4) is 0 Å². The molecule has 2 atom stereocenters. The molecule has 0 radical (unpaired) electrons. The van der Waals surface area contributed by atoms with Crippen LogP contribution in [0.2, 0.25) is 0 Å². The third-order valence-corrected chi connectivity index (χ3v) is 5.77. The number of benzene rings is 2. The summed E-state index contributed by atoms with van der Waals surface area (Å²) >= 11 is 5.17. The predicted octanol–water partition coefficient (Wildman–Crippen LogP) is 3.55. The molecule has 2 aromatic carbocycles. The minimum absolute atomic E-state index is 0.0139. The molecule has 0 spiro atoms. The van der Waals surface area contributed by atoms with E-state index in [9.17, 15) is 14.4 Å². The molecule has 30 heavy (non-hydrogen) atoms. The van der Waals surface area contributed by atoms with Gasteiger partial charge in [-0.15, -0.1) is 0 Å². The highest BCUT2D eigenvalue weighted by Crippen LogP contribution is 2.37. The highest BCUT2D eigenvalue weighted by molar-refractivity contribution is 7.80. The molecule has 2 N–H and O–H groups in total. The van der Waals surface area contributed by atoms with Crippen LogP contribution in [0.3, 0.4) is 0 Å². The SMILES string of the molecule is Cc1cc(C)c(C2C(=O)CC(CCNC(=S)NC(=O)c3ccccc3)C2=O)c(C)c1. The highest BCUT2D eigenvalue weighted by Gasteiger charge is 2.42. The molecule has 1 fully saturated rings. The van der Waals surface area contributed by atoms with Gasteiger partial charge in [0.05, 0.1) is 0 Å². The van der Waals surface area contributed by atoms with E-state index in [0.29, 0.717) is 18.5 Å². The smallest absolute Gasteiger partial charge is 0.257 e. The lowest BCUT2D eigenvalue weighted by molar-refractivity contribution is -0.124. The molecule has 156 valence electrons. The summed E-state index contributed by atoms with van der Waals surface area (Å²) < 4.78 is 0. The van der Waals surface area contributed by atoms with Gasteiger partial charge >= 0.3 is 0 Å². The molecular formula is C24H26N2O3S. The Morgan fingerprint density at radius 2 is 1.70 bits per heavy atom. The number of carbonyl (C=O) groups excluding carboxylic acids is 3. The van der Waals surface area contributed by atoms with Crippen LogP contribution in [0.4, 0.5) is 0 Å². The summed E-state index contributed by atoms with van der Waals surface area (Å²) in [5.74, 6) is -1.32. The summed E-state index contributed by atoms with van der Waals surface area (Å²) in [5, 5.41) is 5.80. The molecule has 6 heteroatoms. The van der Waals surface area contributed by atoms with Crippen LogP contribution in [0.15, 0.2) is 42.5 Å². The number of thiocarbonyl (C=S) groups is 1. The number of nitrogens with one attached hydrogen (secondary N) is 2. The van der Waals surface area contributed by atoms with E-state index in [1.54, 1.807) is 24.3 Å². The van der Waals surface area contributed by atoms with E-state index in [0.717, 1.165) is 22.3 Å². The van der Waals surface area contributed by atoms with Crippen LogP contribution in [-0.2, 0) is 9.59 Å². The van der Waals surface area contributed by atoms with E-state index >= 15 is 0 Å². The third-order valence-electron chi connectivity index (χ3n) is 5.52. The van der Waals surface area contributed by atoms with Crippen molar-refractivity contribution in [2.45, 2.75) is 39.5 Å². The standard InChI is InChI=1S/C24H26N2O3S/c1-14-11-15(2)20(16(3)12-14)21-19(27)13-18(22(21)28)9-10-25-24(30)26-23(29)17-7-5-4-6-8-17/h4-8,11-12,18,21H,9-10,13H2,1-3H3,(H2,25,26,29,30). The van der Waals surface area contributed by atoms with Crippen LogP contribution in [0.25, 0.3) is 0 Å². The Kier molecular flexibility index (Phi) is 6.77. The summed E-state index contributed by atoms with van der Waals surface area (Å²) in [5.41, 5.74) is 4.48. The molecule has 1 amide bonds. The number of hydrogen-bond donors (Lipinski definition) is 2. The molecule has 0 saturated heterocycles. The molecule has 0 bridgehead atoms. The van der Waals surface area contributed by atoms with Gasteiger partial charge in [0.15, 0.2) is 10.9 Å². The first-order chi connectivity index (χ1) is 14.3. The Morgan fingerprint density at radius 3 is 2.33 bits per heavy atom. The fourth-order valence-electron chi connectivity index (χ4n) is 4.22. The minimum Gasteiger partial charge on any atom is -0.362 e. The molecule has 5 nitrogen and oxygen atoms in total. The fraction of sp³-hybridized carbons (Fsp3) is 0.333. The maximum atomic E-state index is 13.0. The van der Waals surface area contributed by atoms with Gasteiger partial charge in [-0.05, 0) is 68.2 Å². The summed E-state index contributed by atoms with van der Waals surface area (Å²) in [7, 11) is 0. The molecular weight excluding hydrogens is 396 g/mol. The summed E-state index contributed by atoms with van der Waals surface area (Å²) in [6.07, 6.45) is 0.744. The average Bonchev–Trinajstić information content (AvgIpc) is 2.96. The van der Waals surface area contributed by atoms with E-state index in [1.807, 2.05) is 39.0 Å². The van der Waals surface area contributed by atoms with Crippen molar-refractivity contribution in [3.63, 3.8) is 0 Å². The van der Waals surface area contributed by atoms with Gasteiger partial charge in [0.2, 0.25) is 0 Å². The number of carbonyl (C=O) groups is 3. The number of amides is 1. The number of Topliss-reactive ketones (excluding diaryl/α,β-unsaturated/α-hetero) is 2. The van der Waals surface area contributed by atoms with Crippen molar-refractivity contribution < 1.29 is 14.4 Å². The second-order valence-electron chi connectivity index (χ2n) is 7.88. The van der Waals surface area contributed by atoms with Gasteiger partial charge in [-0.3, -0.25) is 19.7 Å². The van der Waals surface area contributed by atoms with Gasteiger partial charge in [0.1, 0.15) is 11.7 Å². The lowest BCUT2D eigenvalue weighted by Crippen LogP contribution is -2.40. The molecule has 1 saturated carbocycles. The minimum atomic E-state index is -0.666. The molecule has 0 aromatic heterocycles. The summed E-state index contributed by atoms with van der Waals surface area (Å²) in [6.45, 7) is 6.34. The summed E-state index contributed by atoms with van der Waals surface area (Å²) in [6, 6.07) is 12.8. The van der Waals surface area contributed by atoms with Gasteiger partial charge in [0.25, 0.3) is 5.91 Å². The maximum Gasteiger partial charge on any atom is 0.257 e. The largest absolute Gasteiger partial charge is 0.362 e. The number of rotatable bonds is 5. The van der Waals surface area contributed by atoms with E-state index in [4.69, 9.17) is 12.2 Å². The van der Waals surface area contributed by atoms with Crippen LogP contribution in [0.1, 0.15) is 51.4 Å².